The standard InChI is InChI=1S/C14H11N3O2/c1-17-13-11(8-15-17)10(14(18)19)7-12(16-13)9-5-3-2-4-6-9/h2-8H,1H3,(H,18,19). The maximum atomic E-state index is 11.3. The Morgan fingerprint density at radius 3 is 2.68 bits per heavy atom. The topological polar surface area (TPSA) is 68.0 Å². The fraction of sp³-hybridized carbons (Fsp3) is 0.0714. The van der Waals surface area contributed by atoms with Crippen molar-refractivity contribution in [3.05, 3.63) is 48.2 Å². The van der Waals surface area contributed by atoms with E-state index >= 15 is 0 Å². The van der Waals surface area contributed by atoms with Gasteiger partial charge in [-0.2, -0.15) is 5.10 Å². The third kappa shape index (κ3) is 1.85. The number of rotatable bonds is 2. The van der Waals surface area contributed by atoms with Gasteiger partial charge in [0.1, 0.15) is 0 Å². The van der Waals surface area contributed by atoms with Crippen LogP contribution in [0.25, 0.3) is 22.3 Å². The van der Waals surface area contributed by atoms with Crippen LogP contribution in [0.5, 0.6) is 0 Å². The van der Waals surface area contributed by atoms with Crippen LogP contribution >= 0.6 is 0 Å². The normalized spacial score (nSPS) is 10.8. The summed E-state index contributed by atoms with van der Waals surface area (Å²) in [7, 11) is 1.75. The summed E-state index contributed by atoms with van der Waals surface area (Å²) in [6, 6.07) is 11.1. The van der Waals surface area contributed by atoms with E-state index in [1.165, 1.54) is 6.20 Å². The smallest absolute Gasteiger partial charge is 0.336 e. The highest BCUT2D eigenvalue weighted by Crippen LogP contribution is 2.24. The Hall–Kier alpha value is -2.69. The van der Waals surface area contributed by atoms with Gasteiger partial charge in [-0.15, -0.1) is 0 Å². The molecule has 2 heterocycles. The number of pyridine rings is 1. The molecule has 0 atom stereocenters. The van der Waals surface area contributed by atoms with Crippen LogP contribution in [0.4, 0.5) is 0 Å². The van der Waals surface area contributed by atoms with Crippen molar-refractivity contribution in [1.82, 2.24) is 14.8 Å². The molecule has 0 aliphatic carbocycles. The first-order valence-electron chi connectivity index (χ1n) is 5.78. The molecular weight excluding hydrogens is 242 g/mol. The molecule has 5 nitrogen and oxygen atoms in total. The van der Waals surface area contributed by atoms with Crippen molar-refractivity contribution in [3.8, 4) is 11.3 Å². The van der Waals surface area contributed by atoms with Gasteiger partial charge in [-0.25, -0.2) is 9.78 Å². The molecule has 1 N–H and O–H groups in total. The van der Waals surface area contributed by atoms with Crippen molar-refractivity contribution in [2.24, 2.45) is 7.05 Å². The Kier molecular flexibility index (Phi) is 2.52. The minimum Gasteiger partial charge on any atom is -0.478 e. The highest BCUT2D eigenvalue weighted by atomic mass is 16.4. The zero-order valence-electron chi connectivity index (χ0n) is 10.2. The Bertz CT molecular complexity index is 763. The highest BCUT2D eigenvalue weighted by Gasteiger charge is 2.15. The maximum Gasteiger partial charge on any atom is 0.336 e. The number of carbonyl (C=O) groups is 1. The Labute approximate surface area is 109 Å². The van der Waals surface area contributed by atoms with E-state index in [4.69, 9.17) is 0 Å². The van der Waals surface area contributed by atoms with E-state index < -0.39 is 5.97 Å². The largest absolute Gasteiger partial charge is 0.478 e. The minimum absolute atomic E-state index is 0.219. The molecule has 94 valence electrons. The van der Waals surface area contributed by atoms with E-state index in [9.17, 15) is 9.90 Å². The second kappa shape index (κ2) is 4.20. The highest BCUT2D eigenvalue weighted by molar-refractivity contribution is 6.02. The fourth-order valence-corrected chi connectivity index (χ4v) is 2.05. The summed E-state index contributed by atoms with van der Waals surface area (Å²) in [5.41, 5.74) is 2.30. The first kappa shape index (κ1) is 11.4. The van der Waals surface area contributed by atoms with Gasteiger partial charge in [0.2, 0.25) is 0 Å². The number of aromatic carboxylic acids is 1. The van der Waals surface area contributed by atoms with Crippen LogP contribution in [0.3, 0.4) is 0 Å². The number of hydrogen-bond acceptors (Lipinski definition) is 3. The molecular formula is C14H11N3O2. The predicted octanol–water partition coefficient (Wildman–Crippen LogP) is 2.33. The number of benzene rings is 1. The van der Waals surface area contributed by atoms with Crippen LogP contribution in [0, 0.1) is 0 Å². The summed E-state index contributed by atoms with van der Waals surface area (Å²) >= 11 is 0. The zero-order valence-corrected chi connectivity index (χ0v) is 10.2. The third-order valence-corrected chi connectivity index (χ3v) is 3.01. The Balaban J connectivity index is 2.33. The summed E-state index contributed by atoms with van der Waals surface area (Å²) in [4.78, 5) is 15.8. The van der Waals surface area contributed by atoms with Gasteiger partial charge in [0.15, 0.2) is 5.65 Å². The van der Waals surface area contributed by atoms with Gasteiger partial charge in [0.25, 0.3) is 0 Å². The van der Waals surface area contributed by atoms with Gasteiger partial charge in [0.05, 0.1) is 22.8 Å². The predicted molar refractivity (Wildman–Crippen MR) is 70.9 cm³/mol. The molecule has 0 saturated carbocycles. The van der Waals surface area contributed by atoms with Gasteiger partial charge >= 0.3 is 5.97 Å². The molecule has 0 aliphatic rings. The molecule has 2 aromatic heterocycles. The lowest BCUT2D eigenvalue weighted by Crippen LogP contribution is -2.01. The summed E-state index contributed by atoms with van der Waals surface area (Å²) in [6.07, 6.45) is 1.53. The monoisotopic (exact) mass is 253 g/mol. The molecule has 0 amide bonds. The fourth-order valence-electron chi connectivity index (χ4n) is 2.05. The van der Waals surface area contributed by atoms with Gasteiger partial charge in [-0.05, 0) is 6.07 Å². The van der Waals surface area contributed by atoms with Crippen LogP contribution in [0.2, 0.25) is 0 Å². The van der Waals surface area contributed by atoms with Crippen LogP contribution in [-0.2, 0) is 7.05 Å². The second-order valence-electron chi connectivity index (χ2n) is 4.23. The van der Waals surface area contributed by atoms with Crippen molar-refractivity contribution in [2.75, 3.05) is 0 Å². The number of aromatic nitrogens is 3. The molecule has 3 rings (SSSR count). The lowest BCUT2D eigenvalue weighted by atomic mass is 10.1. The van der Waals surface area contributed by atoms with Gasteiger partial charge in [0, 0.05) is 12.6 Å². The van der Waals surface area contributed by atoms with E-state index in [1.54, 1.807) is 17.8 Å². The van der Waals surface area contributed by atoms with Crippen LogP contribution in [0.1, 0.15) is 10.4 Å². The van der Waals surface area contributed by atoms with Gasteiger partial charge < -0.3 is 5.11 Å². The first-order chi connectivity index (χ1) is 9.16. The minimum atomic E-state index is -0.974. The number of carboxylic acid groups (broad SMARTS) is 1. The number of aryl methyl sites for hydroxylation is 1. The van der Waals surface area contributed by atoms with Crippen LogP contribution in [0.15, 0.2) is 42.6 Å². The summed E-state index contributed by atoms with van der Waals surface area (Å²) < 4.78 is 1.58. The van der Waals surface area contributed by atoms with E-state index in [2.05, 4.69) is 10.1 Å². The quantitative estimate of drug-likeness (QED) is 0.761. The summed E-state index contributed by atoms with van der Waals surface area (Å²) in [5.74, 6) is -0.974. The Morgan fingerprint density at radius 1 is 1.26 bits per heavy atom. The van der Waals surface area contributed by atoms with Crippen molar-refractivity contribution in [2.45, 2.75) is 0 Å². The second-order valence-corrected chi connectivity index (χ2v) is 4.23. The van der Waals surface area contributed by atoms with E-state index in [0.717, 1.165) is 5.56 Å². The average molecular weight is 253 g/mol. The van der Waals surface area contributed by atoms with Crippen molar-refractivity contribution in [1.29, 1.82) is 0 Å². The van der Waals surface area contributed by atoms with Gasteiger partial charge in [-0.1, -0.05) is 30.3 Å². The maximum absolute atomic E-state index is 11.3. The van der Waals surface area contributed by atoms with Crippen molar-refractivity contribution >= 4 is 17.0 Å². The number of fused-ring (bicyclic) bond motifs is 1. The first-order valence-corrected chi connectivity index (χ1v) is 5.78. The van der Waals surface area contributed by atoms with Crippen molar-refractivity contribution < 1.29 is 9.90 Å². The molecule has 0 aliphatic heterocycles. The van der Waals surface area contributed by atoms with E-state index in [0.29, 0.717) is 16.7 Å². The molecule has 3 aromatic rings. The lowest BCUT2D eigenvalue weighted by molar-refractivity contribution is 0.0699. The molecule has 0 saturated heterocycles. The molecule has 0 unspecified atom stereocenters. The molecule has 19 heavy (non-hydrogen) atoms. The molecule has 0 bridgehead atoms. The summed E-state index contributed by atoms with van der Waals surface area (Å²) in [6.45, 7) is 0. The third-order valence-electron chi connectivity index (χ3n) is 3.01. The molecule has 0 radical (unpaired) electrons. The van der Waals surface area contributed by atoms with Crippen molar-refractivity contribution in [3.63, 3.8) is 0 Å². The van der Waals surface area contributed by atoms with Crippen LogP contribution < -0.4 is 0 Å². The Morgan fingerprint density at radius 2 is 2.00 bits per heavy atom. The molecule has 1 aromatic carbocycles. The van der Waals surface area contributed by atoms with Gasteiger partial charge in [-0.3, -0.25) is 4.68 Å². The van der Waals surface area contributed by atoms with Crippen LogP contribution in [-0.4, -0.2) is 25.8 Å². The molecule has 5 heteroatoms. The zero-order chi connectivity index (χ0) is 13.4. The van der Waals surface area contributed by atoms with E-state index in [1.807, 2.05) is 30.3 Å². The molecule has 0 spiro atoms. The number of nitrogens with zero attached hydrogens (tertiary/aromatic N) is 3. The lowest BCUT2D eigenvalue weighted by Gasteiger charge is -2.04. The number of carboxylic acids is 1. The SMILES string of the molecule is Cn1ncc2c(C(=O)O)cc(-c3ccccc3)nc21. The van der Waals surface area contributed by atoms with E-state index in [-0.39, 0.29) is 5.56 Å². The summed E-state index contributed by atoms with van der Waals surface area (Å²) in [5, 5.41) is 13.9. The molecule has 0 fully saturated rings. The number of hydrogen-bond donors (Lipinski definition) is 1. The average Bonchev–Trinajstić information content (AvgIpc) is 2.80.